The zero-order chi connectivity index (χ0) is 27.8. The van der Waals surface area contributed by atoms with Gasteiger partial charge in [0.2, 0.25) is 11.8 Å². The number of primary amides is 1. The molecule has 12 nitrogen and oxygen atoms in total. The van der Waals surface area contributed by atoms with Gasteiger partial charge in [-0.3, -0.25) is 28.9 Å². The quantitative estimate of drug-likeness (QED) is 0.118. The van der Waals surface area contributed by atoms with Gasteiger partial charge in [0, 0.05) is 37.6 Å². The van der Waals surface area contributed by atoms with E-state index >= 15 is 0 Å². The van der Waals surface area contributed by atoms with Gasteiger partial charge in [-0.1, -0.05) is 20.3 Å². The second kappa shape index (κ2) is 17.2. The van der Waals surface area contributed by atoms with Crippen molar-refractivity contribution in [3.8, 4) is 0 Å². The molecule has 0 aromatic rings. The minimum atomic E-state index is -0.809. The molecule has 1 aliphatic rings. The largest absolute Gasteiger partial charge is 0.352 e. The van der Waals surface area contributed by atoms with Crippen LogP contribution in [0.25, 0.3) is 0 Å². The summed E-state index contributed by atoms with van der Waals surface area (Å²) in [4.78, 5) is 73.5. The average Bonchev–Trinajstić information content (AvgIpc) is 3.16. The molecule has 12 heteroatoms. The van der Waals surface area contributed by atoms with E-state index in [4.69, 9.17) is 11.5 Å². The highest BCUT2D eigenvalue weighted by Gasteiger charge is 2.27. The maximum absolute atomic E-state index is 13.1. The average molecular weight is 523 g/mol. The number of imide groups is 1. The lowest BCUT2D eigenvalue weighted by Gasteiger charge is -2.24. The lowest BCUT2D eigenvalue weighted by molar-refractivity contribution is -0.137. The fraction of sp³-hybridized carbons (Fsp3) is 0.680. The number of unbranched alkanes of at least 4 members (excludes halogenated alkanes) is 3. The van der Waals surface area contributed by atoms with E-state index in [1.165, 1.54) is 12.2 Å². The molecule has 1 aliphatic heterocycles. The molecule has 0 radical (unpaired) electrons. The fourth-order valence-electron chi connectivity index (χ4n) is 3.89. The first kappa shape index (κ1) is 31.7. The second-order valence-corrected chi connectivity index (χ2v) is 9.43. The summed E-state index contributed by atoms with van der Waals surface area (Å²) >= 11 is 0. The van der Waals surface area contributed by atoms with Crippen molar-refractivity contribution in [3.05, 3.63) is 12.2 Å². The monoisotopic (exact) mass is 522 g/mol. The van der Waals surface area contributed by atoms with Crippen molar-refractivity contribution in [2.75, 3.05) is 19.6 Å². The summed E-state index contributed by atoms with van der Waals surface area (Å²) < 4.78 is 0. The minimum Gasteiger partial charge on any atom is -0.352 e. The van der Waals surface area contributed by atoms with E-state index in [0.717, 1.165) is 4.90 Å². The van der Waals surface area contributed by atoms with Gasteiger partial charge in [-0.05, 0) is 51.5 Å². The Bertz CT molecular complexity index is 826. The maximum Gasteiger partial charge on any atom is 0.312 e. The van der Waals surface area contributed by atoms with Gasteiger partial charge in [0.25, 0.3) is 11.8 Å². The molecule has 1 heterocycles. The number of nitrogens with zero attached hydrogens (tertiary/aromatic N) is 1. The van der Waals surface area contributed by atoms with E-state index in [1.807, 2.05) is 0 Å². The smallest absolute Gasteiger partial charge is 0.312 e. The number of nitrogens with one attached hydrogen (secondary N) is 3. The number of ketones is 1. The van der Waals surface area contributed by atoms with Crippen LogP contribution in [-0.2, 0) is 24.0 Å². The Morgan fingerprint density at radius 3 is 2.11 bits per heavy atom. The lowest BCUT2D eigenvalue weighted by Crippen LogP contribution is -2.52. The van der Waals surface area contributed by atoms with Crippen LogP contribution < -0.4 is 27.4 Å². The molecule has 0 aliphatic carbocycles. The van der Waals surface area contributed by atoms with Crippen LogP contribution >= 0.6 is 0 Å². The highest BCUT2D eigenvalue weighted by Crippen LogP contribution is 2.10. The Kier molecular flexibility index (Phi) is 14.8. The van der Waals surface area contributed by atoms with Crippen molar-refractivity contribution in [3.63, 3.8) is 0 Å². The van der Waals surface area contributed by atoms with Gasteiger partial charge in [0.15, 0.2) is 5.78 Å². The standard InChI is InChI=1S/C25H42N6O6/c1-17(2)23(35)18(10-8-15-28-25(27)37)30-24(36)19(9-5-6-14-26)29-20(32)11-4-3-7-16-31-21(33)12-13-22(31)34/h12-13,17-19H,3-11,14-16,26H2,1-2H3,(H,29,32)(H,30,36)(H3,27,28,37)/t18-,19?/m0/s1. The van der Waals surface area contributed by atoms with Gasteiger partial charge in [0.1, 0.15) is 6.04 Å². The van der Waals surface area contributed by atoms with E-state index in [0.29, 0.717) is 64.5 Å². The molecule has 7 N–H and O–H groups in total. The maximum atomic E-state index is 13.1. The van der Waals surface area contributed by atoms with Gasteiger partial charge in [-0.15, -0.1) is 0 Å². The van der Waals surface area contributed by atoms with Crippen LogP contribution in [-0.4, -0.2) is 72.1 Å². The Balaban J connectivity index is 2.60. The van der Waals surface area contributed by atoms with E-state index in [1.54, 1.807) is 13.8 Å². The van der Waals surface area contributed by atoms with E-state index in [2.05, 4.69) is 16.0 Å². The van der Waals surface area contributed by atoms with Crippen LogP contribution in [0.4, 0.5) is 4.79 Å². The molecular formula is C25H42N6O6. The number of carbonyl (C=O) groups is 6. The molecule has 37 heavy (non-hydrogen) atoms. The summed E-state index contributed by atoms with van der Waals surface area (Å²) in [6, 6.07) is -2.22. The summed E-state index contributed by atoms with van der Waals surface area (Å²) in [5.41, 5.74) is 10.6. The van der Waals surface area contributed by atoms with Crippen molar-refractivity contribution in [2.24, 2.45) is 17.4 Å². The van der Waals surface area contributed by atoms with Crippen LogP contribution in [0.15, 0.2) is 12.2 Å². The number of Topliss-reactive ketones (excluding diaryl/α,β-unsaturated/α-hetero) is 1. The van der Waals surface area contributed by atoms with Crippen molar-refractivity contribution in [1.29, 1.82) is 0 Å². The highest BCUT2D eigenvalue weighted by atomic mass is 16.2. The van der Waals surface area contributed by atoms with Crippen molar-refractivity contribution < 1.29 is 28.8 Å². The van der Waals surface area contributed by atoms with E-state index in [-0.39, 0.29) is 42.4 Å². The normalized spacial score (nSPS) is 14.5. The van der Waals surface area contributed by atoms with Crippen LogP contribution in [0.5, 0.6) is 0 Å². The first-order valence-electron chi connectivity index (χ1n) is 13.0. The van der Waals surface area contributed by atoms with Crippen LogP contribution in [0.3, 0.4) is 0 Å². The molecule has 1 rings (SSSR count). The van der Waals surface area contributed by atoms with Gasteiger partial charge < -0.3 is 27.4 Å². The first-order chi connectivity index (χ1) is 17.6. The fourth-order valence-corrected chi connectivity index (χ4v) is 3.89. The number of hydrogen-bond donors (Lipinski definition) is 5. The van der Waals surface area contributed by atoms with Crippen LogP contribution in [0.2, 0.25) is 0 Å². The van der Waals surface area contributed by atoms with Gasteiger partial charge in [-0.25, -0.2) is 4.79 Å². The highest BCUT2D eigenvalue weighted by molar-refractivity contribution is 6.12. The first-order valence-corrected chi connectivity index (χ1v) is 13.0. The molecule has 0 aromatic carbocycles. The number of rotatable bonds is 19. The van der Waals surface area contributed by atoms with Crippen molar-refractivity contribution in [1.82, 2.24) is 20.9 Å². The number of nitrogens with two attached hydrogens (primary N) is 2. The Hall–Kier alpha value is -3.28. The summed E-state index contributed by atoms with van der Waals surface area (Å²) in [7, 11) is 0. The summed E-state index contributed by atoms with van der Waals surface area (Å²) in [6.07, 6.45) is 6.89. The van der Waals surface area contributed by atoms with E-state index in [9.17, 15) is 28.8 Å². The third-order valence-corrected chi connectivity index (χ3v) is 5.98. The molecule has 0 bridgehead atoms. The van der Waals surface area contributed by atoms with Gasteiger partial charge >= 0.3 is 6.03 Å². The third-order valence-electron chi connectivity index (χ3n) is 5.98. The Morgan fingerprint density at radius 2 is 1.51 bits per heavy atom. The molecule has 0 saturated carbocycles. The summed E-state index contributed by atoms with van der Waals surface area (Å²) in [5, 5.41) is 8.01. The SMILES string of the molecule is CC(C)C(=O)[C@H](CCCNC(N)=O)NC(=O)C(CCCCN)NC(=O)CCCCCN1C(=O)C=CC1=O. The summed E-state index contributed by atoms with van der Waals surface area (Å²) in [6.45, 7) is 4.53. The molecule has 0 saturated heterocycles. The molecular weight excluding hydrogens is 480 g/mol. The molecule has 2 atom stereocenters. The predicted molar refractivity (Wildman–Crippen MR) is 138 cm³/mol. The molecule has 0 spiro atoms. The van der Waals surface area contributed by atoms with Crippen molar-refractivity contribution >= 4 is 35.4 Å². The summed E-state index contributed by atoms with van der Waals surface area (Å²) in [5.74, 6) is -1.82. The van der Waals surface area contributed by atoms with Crippen molar-refractivity contribution in [2.45, 2.75) is 83.7 Å². The van der Waals surface area contributed by atoms with Gasteiger partial charge in [0.05, 0.1) is 6.04 Å². The number of urea groups is 1. The molecule has 1 unspecified atom stereocenters. The Morgan fingerprint density at radius 1 is 0.865 bits per heavy atom. The minimum absolute atomic E-state index is 0.135. The lowest BCUT2D eigenvalue weighted by atomic mass is 9.97. The van der Waals surface area contributed by atoms with Crippen LogP contribution in [0.1, 0.15) is 71.6 Å². The molecule has 208 valence electrons. The predicted octanol–water partition coefficient (Wildman–Crippen LogP) is 0.244. The number of hydrogen-bond acceptors (Lipinski definition) is 7. The Labute approximate surface area is 218 Å². The molecule has 0 aromatic heterocycles. The number of amides is 6. The molecule has 0 fully saturated rings. The zero-order valence-corrected chi connectivity index (χ0v) is 21.9. The third kappa shape index (κ3) is 12.5. The molecule has 6 amide bonds. The zero-order valence-electron chi connectivity index (χ0n) is 21.9. The van der Waals surface area contributed by atoms with Gasteiger partial charge in [-0.2, -0.15) is 0 Å². The number of carbonyl (C=O) groups excluding carboxylic acids is 6. The van der Waals surface area contributed by atoms with E-state index < -0.39 is 24.0 Å². The van der Waals surface area contributed by atoms with Crippen LogP contribution in [0, 0.1) is 5.92 Å². The topological polar surface area (TPSA) is 194 Å². The second-order valence-electron chi connectivity index (χ2n) is 9.43.